The van der Waals surface area contributed by atoms with Crippen LogP contribution >= 0.6 is 11.6 Å². The van der Waals surface area contributed by atoms with E-state index in [-0.39, 0.29) is 11.6 Å². The van der Waals surface area contributed by atoms with E-state index in [1.54, 1.807) is 13.0 Å². The molecule has 96 valence electrons. The highest BCUT2D eigenvalue weighted by atomic mass is 35.5. The second-order valence-corrected chi connectivity index (χ2v) is 3.63. The minimum absolute atomic E-state index is 0.0288. The summed E-state index contributed by atoms with van der Waals surface area (Å²) in [7, 11) is 0. The average Bonchev–Trinajstić information content (AvgIpc) is 2.36. The van der Waals surface area contributed by atoms with Crippen LogP contribution in [0.15, 0.2) is 24.3 Å². The summed E-state index contributed by atoms with van der Waals surface area (Å²) in [6.45, 7) is 2.01. The van der Waals surface area contributed by atoms with E-state index in [0.717, 1.165) is 0 Å². The van der Waals surface area contributed by atoms with E-state index in [0.29, 0.717) is 17.7 Å². The molecule has 0 aliphatic heterocycles. The number of carbonyl (C=O) groups is 1. The summed E-state index contributed by atoms with van der Waals surface area (Å²) in [6.07, 6.45) is 2.79. The molecule has 0 saturated heterocycles. The molecular weight excluding hydrogens is 258 g/mol. The zero-order valence-electron chi connectivity index (χ0n) is 9.76. The summed E-state index contributed by atoms with van der Waals surface area (Å²) in [5, 5.41) is 10.6. The minimum Gasteiger partial charge on any atom is -0.463 e. The topological polar surface area (TPSA) is 69.4 Å². The van der Waals surface area contributed by atoms with Crippen LogP contribution < -0.4 is 0 Å². The van der Waals surface area contributed by atoms with Gasteiger partial charge in [-0.05, 0) is 30.2 Å². The highest BCUT2D eigenvalue weighted by molar-refractivity contribution is 6.17. The number of benzene rings is 1. The lowest BCUT2D eigenvalue weighted by Crippen LogP contribution is -1.99. The van der Waals surface area contributed by atoms with Crippen molar-refractivity contribution in [2.24, 2.45) is 0 Å². The van der Waals surface area contributed by atoms with Gasteiger partial charge in [-0.3, -0.25) is 10.1 Å². The molecule has 1 aromatic carbocycles. The third kappa shape index (κ3) is 3.85. The number of alkyl halides is 1. The lowest BCUT2D eigenvalue weighted by atomic mass is 10.1. The van der Waals surface area contributed by atoms with Crippen molar-refractivity contribution in [3.8, 4) is 0 Å². The molecule has 1 aromatic rings. The first kappa shape index (κ1) is 14.2. The number of hydrogen-bond acceptors (Lipinski definition) is 4. The number of esters is 1. The summed E-state index contributed by atoms with van der Waals surface area (Å²) in [5.74, 6) is -0.333. The van der Waals surface area contributed by atoms with Gasteiger partial charge in [0.25, 0.3) is 5.69 Å². The summed E-state index contributed by atoms with van der Waals surface area (Å²) in [4.78, 5) is 21.3. The van der Waals surface area contributed by atoms with Gasteiger partial charge in [-0.1, -0.05) is 0 Å². The molecule has 0 saturated carbocycles. The van der Waals surface area contributed by atoms with Crippen molar-refractivity contribution in [3.63, 3.8) is 0 Å². The zero-order valence-corrected chi connectivity index (χ0v) is 10.5. The molecule has 0 radical (unpaired) electrons. The Morgan fingerprint density at radius 2 is 2.28 bits per heavy atom. The Hall–Kier alpha value is -1.88. The van der Waals surface area contributed by atoms with Crippen LogP contribution in [-0.2, 0) is 15.4 Å². The van der Waals surface area contributed by atoms with Crippen LogP contribution in [0.4, 0.5) is 5.69 Å². The summed E-state index contributed by atoms with van der Waals surface area (Å²) in [5.41, 5.74) is 1.22. The molecule has 0 spiro atoms. The monoisotopic (exact) mass is 269 g/mol. The predicted molar refractivity (Wildman–Crippen MR) is 68.3 cm³/mol. The normalized spacial score (nSPS) is 10.6. The molecule has 1 rings (SSSR count). The number of carbonyl (C=O) groups excluding carboxylic acids is 1. The second kappa shape index (κ2) is 6.76. The second-order valence-electron chi connectivity index (χ2n) is 3.36. The van der Waals surface area contributed by atoms with Crippen molar-refractivity contribution >= 4 is 29.3 Å². The number of non-ortho nitro benzene ring substituents is 1. The minimum atomic E-state index is -0.491. The number of nitrogens with zero attached hydrogens (tertiary/aromatic N) is 1. The number of nitro groups is 1. The van der Waals surface area contributed by atoms with Crippen molar-refractivity contribution in [1.29, 1.82) is 0 Å². The van der Waals surface area contributed by atoms with Gasteiger partial charge in [0, 0.05) is 24.1 Å². The van der Waals surface area contributed by atoms with Crippen molar-refractivity contribution in [1.82, 2.24) is 0 Å². The number of nitro benzene ring substituents is 1. The average molecular weight is 270 g/mol. The number of halogens is 1. The fourth-order valence-electron chi connectivity index (χ4n) is 1.33. The molecule has 6 heteroatoms. The van der Waals surface area contributed by atoms with E-state index < -0.39 is 10.9 Å². The molecule has 0 aromatic heterocycles. The van der Waals surface area contributed by atoms with E-state index in [1.165, 1.54) is 24.3 Å². The van der Waals surface area contributed by atoms with Gasteiger partial charge in [-0.15, -0.1) is 11.6 Å². The highest BCUT2D eigenvalue weighted by Gasteiger charge is 2.08. The van der Waals surface area contributed by atoms with Gasteiger partial charge in [0.15, 0.2) is 0 Å². The van der Waals surface area contributed by atoms with Crippen molar-refractivity contribution in [2.75, 3.05) is 6.61 Å². The van der Waals surface area contributed by atoms with Gasteiger partial charge in [0.2, 0.25) is 0 Å². The Bertz CT molecular complexity index is 485. The predicted octanol–water partition coefficient (Wildman–Crippen LogP) is 2.91. The Morgan fingerprint density at radius 3 is 2.83 bits per heavy atom. The van der Waals surface area contributed by atoms with Gasteiger partial charge in [0.05, 0.1) is 11.5 Å². The van der Waals surface area contributed by atoms with E-state index in [9.17, 15) is 14.9 Å². The SMILES string of the molecule is CCOC(=O)/C=C\c1ccc([N+](=O)[O-])cc1CCl. The highest BCUT2D eigenvalue weighted by Crippen LogP contribution is 2.20. The van der Waals surface area contributed by atoms with E-state index >= 15 is 0 Å². The van der Waals surface area contributed by atoms with Crippen LogP contribution in [-0.4, -0.2) is 17.5 Å². The lowest BCUT2D eigenvalue weighted by molar-refractivity contribution is -0.384. The zero-order chi connectivity index (χ0) is 13.5. The van der Waals surface area contributed by atoms with E-state index in [2.05, 4.69) is 0 Å². The molecule has 0 aliphatic rings. The smallest absolute Gasteiger partial charge is 0.330 e. The molecule has 0 fully saturated rings. The van der Waals surface area contributed by atoms with Crippen LogP contribution in [0.2, 0.25) is 0 Å². The van der Waals surface area contributed by atoms with Crippen molar-refractivity contribution in [2.45, 2.75) is 12.8 Å². The first-order valence-electron chi connectivity index (χ1n) is 5.26. The summed E-state index contributed by atoms with van der Waals surface area (Å²) < 4.78 is 4.73. The lowest BCUT2D eigenvalue weighted by Gasteiger charge is -2.02. The van der Waals surface area contributed by atoms with Crippen LogP contribution in [0.25, 0.3) is 6.08 Å². The molecule has 0 aliphatic carbocycles. The van der Waals surface area contributed by atoms with Gasteiger partial charge in [-0.2, -0.15) is 0 Å². The Kier molecular flexibility index (Phi) is 5.32. The molecule has 0 N–H and O–H groups in total. The van der Waals surface area contributed by atoms with Crippen LogP contribution in [0, 0.1) is 10.1 Å². The summed E-state index contributed by atoms with van der Waals surface area (Å²) in [6, 6.07) is 4.30. The molecule has 0 heterocycles. The van der Waals surface area contributed by atoms with Crippen molar-refractivity contribution < 1.29 is 14.5 Å². The molecule has 0 bridgehead atoms. The van der Waals surface area contributed by atoms with Crippen molar-refractivity contribution in [3.05, 3.63) is 45.5 Å². The van der Waals surface area contributed by atoms with Gasteiger partial charge in [-0.25, -0.2) is 4.79 Å². The van der Waals surface area contributed by atoms with E-state index in [4.69, 9.17) is 16.3 Å². The van der Waals surface area contributed by atoms with Gasteiger partial charge in [0.1, 0.15) is 0 Å². The molecule has 0 atom stereocenters. The largest absolute Gasteiger partial charge is 0.463 e. The first-order valence-corrected chi connectivity index (χ1v) is 5.80. The third-order valence-corrected chi connectivity index (χ3v) is 2.45. The van der Waals surface area contributed by atoms with Crippen LogP contribution in [0.3, 0.4) is 0 Å². The quantitative estimate of drug-likeness (QED) is 0.271. The standard InChI is InChI=1S/C12H12ClNO4/c1-2-18-12(15)6-4-9-3-5-11(14(16)17)7-10(9)8-13/h3-7H,2,8H2,1H3/b6-4-. The van der Waals surface area contributed by atoms with Crippen LogP contribution in [0.1, 0.15) is 18.1 Å². The number of rotatable bonds is 5. The maximum atomic E-state index is 11.1. The van der Waals surface area contributed by atoms with Crippen LogP contribution in [0.5, 0.6) is 0 Å². The molecule has 0 amide bonds. The number of hydrogen-bond donors (Lipinski definition) is 0. The number of ether oxygens (including phenoxy) is 1. The Balaban J connectivity index is 2.96. The fraction of sp³-hybridized carbons (Fsp3) is 0.250. The van der Waals surface area contributed by atoms with E-state index in [1.807, 2.05) is 0 Å². The Morgan fingerprint density at radius 1 is 1.56 bits per heavy atom. The van der Waals surface area contributed by atoms with Gasteiger partial charge >= 0.3 is 5.97 Å². The fourth-order valence-corrected chi connectivity index (χ4v) is 1.56. The third-order valence-electron chi connectivity index (χ3n) is 2.17. The maximum Gasteiger partial charge on any atom is 0.330 e. The molecule has 0 unspecified atom stereocenters. The molecular formula is C12H12ClNO4. The molecule has 18 heavy (non-hydrogen) atoms. The first-order chi connectivity index (χ1) is 8.58. The molecule has 5 nitrogen and oxygen atoms in total. The van der Waals surface area contributed by atoms with Gasteiger partial charge < -0.3 is 4.74 Å². The Labute approximate surface area is 109 Å². The maximum absolute atomic E-state index is 11.1. The summed E-state index contributed by atoms with van der Waals surface area (Å²) >= 11 is 5.71.